The summed E-state index contributed by atoms with van der Waals surface area (Å²) in [6.07, 6.45) is -1.36. The molecule has 21 heavy (non-hydrogen) atoms. The molecule has 0 aliphatic rings. The summed E-state index contributed by atoms with van der Waals surface area (Å²) in [5, 5.41) is 6.74. The van der Waals surface area contributed by atoms with Crippen LogP contribution in [0.4, 0.5) is 18.9 Å². The number of hydrogen-bond acceptors (Lipinski definition) is 6. The number of aromatic nitrogens is 3. The standard InChI is InChI=1S/C11H9BF3N5O/c13-11(14,15)10-19-8(3-9(20-10)12-21-5-16)6-1-2-18-4-7(6)17/h1-5,12,16H,17H2. The van der Waals surface area contributed by atoms with Gasteiger partial charge in [0, 0.05) is 11.8 Å². The van der Waals surface area contributed by atoms with Crippen LogP contribution in [-0.2, 0) is 10.8 Å². The fraction of sp³-hybridized carbons (Fsp3) is 0.0909. The van der Waals surface area contributed by atoms with Crippen LogP contribution >= 0.6 is 0 Å². The Morgan fingerprint density at radius 3 is 2.71 bits per heavy atom. The van der Waals surface area contributed by atoms with E-state index in [0.717, 1.165) is 0 Å². The number of hydrogen-bond donors (Lipinski definition) is 2. The van der Waals surface area contributed by atoms with Crippen molar-refractivity contribution in [2.75, 3.05) is 5.73 Å². The first-order chi connectivity index (χ1) is 9.91. The van der Waals surface area contributed by atoms with Gasteiger partial charge in [-0.1, -0.05) is 0 Å². The van der Waals surface area contributed by atoms with Crippen LogP contribution in [0.25, 0.3) is 11.3 Å². The van der Waals surface area contributed by atoms with Gasteiger partial charge in [0.15, 0.2) is 0 Å². The third-order valence-corrected chi connectivity index (χ3v) is 2.48. The second kappa shape index (κ2) is 5.77. The van der Waals surface area contributed by atoms with Crippen LogP contribution in [0.1, 0.15) is 5.82 Å². The van der Waals surface area contributed by atoms with Gasteiger partial charge in [0.1, 0.15) is 6.40 Å². The minimum Gasteiger partial charge on any atom is -0.550 e. The van der Waals surface area contributed by atoms with E-state index in [4.69, 9.17) is 11.1 Å². The molecule has 108 valence electrons. The molecule has 0 fully saturated rings. The van der Waals surface area contributed by atoms with Gasteiger partial charge < -0.3 is 10.4 Å². The van der Waals surface area contributed by atoms with Crippen LogP contribution < -0.4 is 11.3 Å². The molecule has 0 saturated heterocycles. The number of alkyl halides is 3. The molecule has 6 nitrogen and oxygen atoms in total. The van der Waals surface area contributed by atoms with Crippen LogP contribution in [0.15, 0.2) is 24.5 Å². The van der Waals surface area contributed by atoms with E-state index in [0.29, 0.717) is 12.0 Å². The highest BCUT2D eigenvalue weighted by molar-refractivity contribution is 6.47. The Bertz CT molecular complexity index is 665. The van der Waals surface area contributed by atoms with E-state index in [-0.39, 0.29) is 24.5 Å². The molecule has 0 amide bonds. The number of halogens is 3. The summed E-state index contributed by atoms with van der Waals surface area (Å²) in [7, 11) is -0.271. The SMILES string of the molecule is N=COBc1cc(-c2ccncc2N)nc(C(F)(F)F)n1. The molecule has 0 saturated carbocycles. The normalized spacial score (nSPS) is 11.0. The lowest BCUT2D eigenvalue weighted by Crippen LogP contribution is -2.26. The molecule has 0 atom stereocenters. The van der Waals surface area contributed by atoms with Gasteiger partial charge in [-0.05, 0) is 12.1 Å². The van der Waals surface area contributed by atoms with Gasteiger partial charge in [0.2, 0.25) is 5.82 Å². The van der Waals surface area contributed by atoms with E-state index in [1.807, 2.05) is 0 Å². The largest absolute Gasteiger partial charge is 0.550 e. The van der Waals surface area contributed by atoms with Crippen LogP contribution in [0, 0.1) is 5.41 Å². The van der Waals surface area contributed by atoms with Gasteiger partial charge in [-0.3, -0.25) is 10.4 Å². The molecule has 10 heteroatoms. The third-order valence-electron chi connectivity index (χ3n) is 2.48. The van der Waals surface area contributed by atoms with Crippen molar-refractivity contribution >= 4 is 25.2 Å². The van der Waals surface area contributed by atoms with E-state index in [2.05, 4.69) is 19.6 Å². The minimum atomic E-state index is -4.70. The smallest absolute Gasteiger partial charge is 0.451 e. The summed E-state index contributed by atoms with van der Waals surface area (Å²) in [4.78, 5) is 10.6. The maximum absolute atomic E-state index is 12.8. The molecule has 2 aromatic heterocycles. The van der Waals surface area contributed by atoms with Gasteiger partial charge >= 0.3 is 13.7 Å². The zero-order chi connectivity index (χ0) is 15.5. The fourth-order valence-electron chi connectivity index (χ4n) is 1.60. The highest BCUT2D eigenvalue weighted by Crippen LogP contribution is 2.28. The predicted molar refractivity (Wildman–Crippen MR) is 71.3 cm³/mol. The number of nitrogen functional groups attached to an aromatic ring is 1. The van der Waals surface area contributed by atoms with Gasteiger partial charge in [-0.2, -0.15) is 13.2 Å². The van der Waals surface area contributed by atoms with E-state index in [9.17, 15) is 13.2 Å². The molecule has 0 spiro atoms. The average molecular weight is 295 g/mol. The Kier molecular flexibility index (Phi) is 4.06. The molecule has 0 radical (unpaired) electrons. The van der Waals surface area contributed by atoms with Crippen LogP contribution in [0.3, 0.4) is 0 Å². The molecule has 0 unspecified atom stereocenters. The van der Waals surface area contributed by atoms with Crippen molar-refractivity contribution in [2.24, 2.45) is 0 Å². The number of anilines is 1. The zero-order valence-electron chi connectivity index (χ0n) is 10.6. The summed E-state index contributed by atoms with van der Waals surface area (Å²) in [6.45, 7) is 0. The highest BCUT2D eigenvalue weighted by atomic mass is 19.4. The van der Waals surface area contributed by atoms with Crippen molar-refractivity contribution in [1.29, 1.82) is 5.41 Å². The quantitative estimate of drug-likeness (QED) is 0.492. The molecule has 0 aliphatic carbocycles. The van der Waals surface area contributed by atoms with Crippen LogP contribution in [0.2, 0.25) is 0 Å². The lowest BCUT2D eigenvalue weighted by atomic mass is 9.93. The molecule has 3 N–H and O–H groups in total. The molecular weight excluding hydrogens is 286 g/mol. The number of nitrogens with zero attached hydrogens (tertiary/aromatic N) is 3. The summed E-state index contributed by atoms with van der Waals surface area (Å²) < 4.78 is 43.1. The zero-order valence-corrected chi connectivity index (χ0v) is 10.6. The molecule has 0 bridgehead atoms. The first kappa shape index (κ1) is 14.8. The Hall–Kier alpha value is -2.65. The monoisotopic (exact) mass is 295 g/mol. The molecule has 2 heterocycles. The topological polar surface area (TPSA) is 97.8 Å². The highest BCUT2D eigenvalue weighted by Gasteiger charge is 2.35. The van der Waals surface area contributed by atoms with Gasteiger partial charge in [-0.25, -0.2) is 9.97 Å². The Morgan fingerprint density at radius 2 is 2.10 bits per heavy atom. The van der Waals surface area contributed by atoms with Crippen LogP contribution in [-0.4, -0.2) is 28.8 Å². The van der Waals surface area contributed by atoms with Crippen molar-refractivity contribution in [3.8, 4) is 11.3 Å². The van der Waals surface area contributed by atoms with Crippen molar-refractivity contribution in [1.82, 2.24) is 15.0 Å². The number of nitrogens with two attached hydrogens (primary N) is 1. The maximum atomic E-state index is 12.8. The number of rotatable bonds is 4. The number of nitrogens with one attached hydrogen (secondary N) is 1. The Labute approximate surface area is 118 Å². The lowest BCUT2D eigenvalue weighted by molar-refractivity contribution is -0.144. The van der Waals surface area contributed by atoms with E-state index in [1.54, 1.807) is 0 Å². The van der Waals surface area contributed by atoms with Gasteiger partial charge in [-0.15, -0.1) is 0 Å². The molecule has 2 rings (SSSR count). The van der Waals surface area contributed by atoms with Crippen molar-refractivity contribution < 1.29 is 17.8 Å². The van der Waals surface area contributed by atoms with Crippen molar-refractivity contribution in [3.05, 3.63) is 30.4 Å². The molecule has 0 aromatic carbocycles. The predicted octanol–water partition coefficient (Wildman–Crippen LogP) is 0.740. The molecule has 2 aromatic rings. The third kappa shape index (κ3) is 3.47. The summed E-state index contributed by atoms with van der Waals surface area (Å²) >= 11 is 0. The Morgan fingerprint density at radius 1 is 1.33 bits per heavy atom. The van der Waals surface area contributed by atoms with E-state index < -0.39 is 12.0 Å². The van der Waals surface area contributed by atoms with Crippen molar-refractivity contribution in [2.45, 2.75) is 6.18 Å². The van der Waals surface area contributed by atoms with Crippen LogP contribution in [0.5, 0.6) is 0 Å². The van der Waals surface area contributed by atoms with Gasteiger partial charge in [0.25, 0.3) is 0 Å². The summed E-state index contributed by atoms with van der Waals surface area (Å²) in [5.41, 5.74) is 6.21. The molecule has 0 aliphatic heterocycles. The Balaban J connectivity index is 2.54. The minimum absolute atomic E-state index is 0.00737. The van der Waals surface area contributed by atoms with Gasteiger partial charge in [0.05, 0.1) is 23.2 Å². The number of pyridine rings is 1. The maximum Gasteiger partial charge on any atom is 0.451 e. The first-order valence-electron chi connectivity index (χ1n) is 5.67. The average Bonchev–Trinajstić information content (AvgIpc) is 2.44. The second-order valence-corrected chi connectivity index (χ2v) is 3.96. The second-order valence-electron chi connectivity index (χ2n) is 3.96. The lowest BCUT2D eigenvalue weighted by Gasteiger charge is -2.10. The summed E-state index contributed by atoms with van der Waals surface area (Å²) in [5.74, 6) is -1.29. The van der Waals surface area contributed by atoms with E-state index in [1.165, 1.54) is 24.5 Å². The van der Waals surface area contributed by atoms with E-state index >= 15 is 0 Å². The van der Waals surface area contributed by atoms with Crippen molar-refractivity contribution in [3.63, 3.8) is 0 Å². The first-order valence-corrected chi connectivity index (χ1v) is 5.67. The molecular formula is C11H9BF3N5O. The summed E-state index contributed by atoms with van der Waals surface area (Å²) in [6, 6.07) is 2.78. The fourth-order valence-corrected chi connectivity index (χ4v) is 1.60.